The summed E-state index contributed by atoms with van der Waals surface area (Å²) in [5.74, 6) is 0. The Balaban J connectivity index is 0. The van der Waals surface area contributed by atoms with Gasteiger partial charge >= 0.3 is 0 Å². The Hall–Kier alpha value is -0.210. The number of hydrogen-bond donors (Lipinski definition) is 0. The minimum Gasteiger partial charge on any atom is -0.242 e. The van der Waals surface area contributed by atoms with Crippen LogP contribution >= 0.6 is 0 Å². The smallest absolute Gasteiger partial charge is 0.242 e. The fourth-order valence-electron chi connectivity index (χ4n) is 0. The molecule has 0 aromatic carbocycles. The second kappa shape index (κ2) is 6.79. The molecule has 1 unspecified atom stereocenters. The number of alkyl halides is 3. The molecule has 1 atom stereocenters. The molecule has 0 aliphatic rings. The molecule has 0 fully saturated rings. The molecule has 0 N–H and O–H groups in total. The van der Waals surface area contributed by atoms with E-state index in [1.165, 1.54) is 0 Å². The highest BCUT2D eigenvalue weighted by atomic mass is 19.3. The molecular formula is C5H11F3. The van der Waals surface area contributed by atoms with E-state index in [0.29, 0.717) is 0 Å². The van der Waals surface area contributed by atoms with Gasteiger partial charge < -0.3 is 0 Å². The van der Waals surface area contributed by atoms with Crippen molar-refractivity contribution in [3.63, 3.8) is 0 Å². The number of halogens is 3. The van der Waals surface area contributed by atoms with Crippen molar-refractivity contribution in [3.8, 4) is 0 Å². The molecular weight excluding hydrogens is 117 g/mol. The summed E-state index contributed by atoms with van der Waals surface area (Å²) in [5, 5.41) is 0. The Labute approximate surface area is 47.7 Å². The quantitative estimate of drug-likeness (QED) is 0.509. The zero-order valence-corrected chi connectivity index (χ0v) is 5.29. The summed E-state index contributed by atoms with van der Waals surface area (Å²) in [5.41, 5.74) is 0. The zero-order chi connectivity index (χ0) is 7.15. The van der Waals surface area contributed by atoms with Crippen LogP contribution in [0.2, 0.25) is 0 Å². The van der Waals surface area contributed by atoms with Gasteiger partial charge in [0.05, 0.1) is 0 Å². The van der Waals surface area contributed by atoms with Crippen LogP contribution in [0.3, 0.4) is 0 Å². The third-order valence-electron chi connectivity index (χ3n) is 0.347. The van der Waals surface area contributed by atoms with Crippen molar-refractivity contribution in [2.45, 2.75) is 33.4 Å². The monoisotopic (exact) mass is 128 g/mol. The van der Waals surface area contributed by atoms with E-state index in [1.807, 2.05) is 13.8 Å². The third kappa shape index (κ3) is 9.25. The van der Waals surface area contributed by atoms with Crippen molar-refractivity contribution < 1.29 is 13.2 Å². The standard InChI is InChI=1S/C3H5F3.C2H6/c1-2(4)3(5)6;1-2/h2-3H,1H3;1-2H3. The Bertz CT molecular complexity index is 28.7. The Morgan fingerprint density at radius 3 is 1.12 bits per heavy atom. The van der Waals surface area contributed by atoms with Gasteiger partial charge in [-0.2, -0.15) is 0 Å². The van der Waals surface area contributed by atoms with E-state index in [0.717, 1.165) is 6.92 Å². The molecule has 52 valence electrons. The summed E-state index contributed by atoms with van der Waals surface area (Å²) in [6.07, 6.45) is -4.80. The van der Waals surface area contributed by atoms with Crippen LogP contribution in [0.4, 0.5) is 13.2 Å². The first-order chi connectivity index (χ1) is 3.64. The zero-order valence-electron chi connectivity index (χ0n) is 5.29. The molecule has 0 spiro atoms. The van der Waals surface area contributed by atoms with Crippen molar-refractivity contribution in [2.75, 3.05) is 0 Å². The van der Waals surface area contributed by atoms with Gasteiger partial charge in [0.2, 0.25) is 0 Å². The van der Waals surface area contributed by atoms with Crippen molar-refractivity contribution >= 4 is 0 Å². The van der Waals surface area contributed by atoms with Gasteiger partial charge in [0.15, 0.2) is 6.17 Å². The first-order valence-corrected chi connectivity index (χ1v) is 2.57. The maximum Gasteiger partial charge on any atom is 0.269 e. The summed E-state index contributed by atoms with van der Waals surface area (Å²) < 4.78 is 32.6. The Morgan fingerprint density at radius 2 is 1.12 bits per heavy atom. The van der Waals surface area contributed by atoms with Gasteiger partial charge in [-0.15, -0.1) is 0 Å². The van der Waals surface area contributed by atoms with Crippen LogP contribution in [0, 0.1) is 0 Å². The molecule has 0 heterocycles. The maximum absolute atomic E-state index is 11.1. The lowest BCUT2D eigenvalue weighted by Crippen LogP contribution is -2.04. The van der Waals surface area contributed by atoms with Crippen molar-refractivity contribution in [3.05, 3.63) is 0 Å². The second-order valence-electron chi connectivity index (χ2n) is 1.01. The predicted octanol–water partition coefficient (Wildman–Crippen LogP) is 2.64. The summed E-state index contributed by atoms with van der Waals surface area (Å²) in [4.78, 5) is 0. The van der Waals surface area contributed by atoms with Crippen LogP contribution in [0.5, 0.6) is 0 Å². The molecule has 0 nitrogen and oxygen atoms in total. The first kappa shape index (κ1) is 10.7. The summed E-state index contributed by atoms with van der Waals surface area (Å²) >= 11 is 0. The van der Waals surface area contributed by atoms with E-state index < -0.39 is 12.6 Å². The lowest BCUT2D eigenvalue weighted by Gasteiger charge is -1.93. The average Bonchev–Trinajstić information content (AvgIpc) is 1.72. The summed E-state index contributed by atoms with van der Waals surface area (Å²) in [6.45, 7) is 4.82. The van der Waals surface area contributed by atoms with Gasteiger partial charge in [-0.1, -0.05) is 13.8 Å². The Kier molecular flexibility index (Phi) is 9.09. The highest BCUT2D eigenvalue weighted by molar-refractivity contribution is 4.45. The average molecular weight is 128 g/mol. The van der Waals surface area contributed by atoms with Crippen LogP contribution in [0.1, 0.15) is 20.8 Å². The molecule has 0 saturated carbocycles. The van der Waals surface area contributed by atoms with Gasteiger partial charge in [-0.25, -0.2) is 13.2 Å². The maximum atomic E-state index is 11.1. The van der Waals surface area contributed by atoms with Crippen molar-refractivity contribution in [1.29, 1.82) is 0 Å². The lowest BCUT2D eigenvalue weighted by molar-refractivity contribution is 0.0603. The minimum absolute atomic E-state index is 0.824. The van der Waals surface area contributed by atoms with Gasteiger partial charge in [0.1, 0.15) is 0 Å². The highest BCUT2D eigenvalue weighted by Crippen LogP contribution is 2.01. The number of rotatable bonds is 1. The van der Waals surface area contributed by atoms with Crippen molar-refractivity contribution in [1.82, 2.24) is 0 Å². The molecule has 0 radical (unpaired) electrons. The van der Waals surface area contributed by atoms with E-state index in [9.17, 15) is 13.2 Å². The van der Waals surface area contributed by atoms with Crippen LogP contribution < -0.4 is 0 Å². The summed E-state index contributed by atoms with van der Waals surface area (Å²) in [6, 6.07) is 0. The van der Waals surface area contributed by atoms with Gasteiger partial charge in [-0.3, -0.25) is 0 Å². The largest absolute Gasteiger partial charge is 0.269 e. The SMILES string of the molecule is CC.CC(F)C(F)F. The fourth-order valence-corrected chi connectivity index (χ4v) is 0. The third-order valence-corrected chi connectivity index (χ3v) is 0.347. The molecule has 0 amide bonds. The lowest BCUT2D eigenvalue weighted by atomic mass is 10.5. The van der Waals surface area contributed by atoms with E-state index in [1.54, 1.807) is 0 Å². The van der Waals surface area contributed by atoms with E-state index >= 15 is 0 Å². The van der Waals surface area contributed by atoms with Gasteiger partial charge in [0.25, 0.3) is 6.43 Å². The molecule has 0 aromatic heterocycles. The summed E-state index contributed by atoms with van der Waals surface area (Å²) in [7, 11) is 0. The minimum atomic E-state index is -2.81. The highest BCUT2D eigenvalue weighted by Gasteiger charge is 2.10. The predicted molar refractivity (Wildman–Crippen MR) is 27.9 cm³/mol. The van der Waals surface area contributed by atoms with Gasteiger partial charge in [0, 0.05) is 0 Å². The van der Waals surface area contributed by atoms with Gasteiger partial charge in [-0.05, 0) is 6.92 Å². The molecule has 0 aliphatic heterocycles. The first-order valence-electron chi connectivity index (χ1n) is 2.57. The number of hydrogen-bond acceptors (Lipinski definition) is 0. The van der Waals surface area contributed by atoms with Crippen molar-refractivity contribution in [2.24, 2.45) is 0 Å². The topological polar surface area (TPSA) is 0 Å². The molecule has 3 heteroatoms. The van der Waals surface area contributed by atoms with E-state index in [-0.39, 0.29) is 0 Å². The van der Waals surface area contributed by atoms with Crippen LogP contribution in [0.25, 0.3) is 0 Å². The molecule has 0 saturated heterocycles. The second-order valence-corrected chi connectivity index (χ2v) is 1.01. The Morgan fingerprint density at radius 1 is 1.00 bits per heavy atom. The normalized spacial score (nSPS) is 12.4. The molecule has 0 aliphatic carbocycles. The van der Waals surface area contributed by atoms with Crippen LogP contribution in [-0.2, 0) is 0 Å². The van der Waals surface area contributed by atoms with E-state index in [4.69, 9.17) is 0 Å². The van der Waals surface area contributed by atoms with Crippen LogP contribution in [0.15, 0.2) is 0 Å². The molecule has 8 heavy (non-hydrogen) atoms. The molecule has 0 bridgehead atoms. The van der Waals surface area contributed by atoms with Crippen LogP contribution in [-0.4, -0.2) is 12.6 Å². The molecule has 0 rings (SSSR count). The molecule has 0 aromatic rings. The fraction of sp³-hybridized carbons (Fsp3) is 1.00. The van der Waals surface area contributed by atoms with E-state index in [2.05, 4.69) is 0 Å².